The molecule has 1 aliphatic heterocycles. The lowest BCUT2D eigenvalue weighted by molar-refractivity contribution is -0.123. The van der Waals surface area contributed by atoms with E-state index in [1.54, 1.807) is 37.5 Å². The molecule has 142 valence electrons. The third-order valence-electron chi connectivity index (χ3n) is 4.62. The predicted octanol–water partition coefficient (Wildman–Crippen LogP) is 1.69. The average molecular weight is 367 g/mol. The molecule has 0 radical (unpaired) electrons. The summed E-state index contributed by atoms with van der Waals surface area (Å²) >= 11 is 0. The van der Waals surface area contributed by atoms with E-state index in [0.29, 0.717) is 18.1 Å². The first-order valence-electron chi connectivity index (χ1n) is 9.23. The Labute approximate surface area is 159 Å². The third kappa shape index (κ3) is 5.03. The Hall–Kier alpha value is -2.96. The summed E-state index contributed by atoms with van der Waals surface area (Å²) in [5.41, 5.74) is 1.56. The minimum absolute atomic E-state index is 0.00776. The molecule has 2 amide bonds. The Morgan fingerprint density at radius 1 is 1.22 bits per heavy atom. The van der Waals surface area contributed by atoms with Gasteiger partial charge in [0.1, 0.15) is 6.04 Å². The molecule has 1 aromatic heterocycles. The number of hydrogen-bond acceptors (Lipinski definition) is 5. The van der Waals surface area contributed by atoms with Crippen LogP contribution in [0.2, 0.25) is 0 Å². The van der Waals surface area contributed by atoms with E-state index in [9.17, 15) is 9.59 Å². The van der Waals surface area contributed by atoms with Gasteiger partial charge in [0.2, 0.25) is 11.9 Å². The molecule has 0 saturated carbocycles. The Balaban J connectivity index is 1.54. The number of rotatable bonds is 5. The predicted molar refractivity (Wildman–Crippen MR) is 104 cm³/mol. The number of amides is 2. The molecule has 7 nitrogen and oxygen atoms in total. The summed E-state index contributed by atoms with van der Waals surface area (Å²) in [5, 5.41) is 5.80. The van der Waals surface area contributed by atoms with Crippen LogP contribution in [-0.4, -0.2) is 47.0 Å². The number of anilines is 1. The highest BCUT2D eigenvalue weighted by Gasteiger charge is 2.25. The van der Waals surface area contributed by atoms with E-state index in [4.69, 9.17) is 0 Å². The van der Waals surface area contributed by atoms with Crippen molar-refractivity contribution < 1.29 is 9.59 Å². The average Bonchev–Trinajstić information content (AvgIpc) is 2.68. The SMILES string of the molecule is Cc1cccc(C(=O)N[C@@H](C)C(=O)N[C@H]2CCCN(c3ncccn3)C2)c1. The molecule has 2 atom stereocenters. The summed E-state index contributed by atoms with van der Waals surface area (Å²) < 4.78 is 0. The lowest BCUT2D eigenvalue weighted by atomic mass is 10.1. The first-order valence-corrected chi connectivity index (χ1v) is 9.23. The lowest BCUT2D eigenvalue weighted by Crippen LogP contribution is -2.53. The van der Waals surface area contributed by atoms with Gasteiger partial charge in [0.05, 0.1) is 0 Å². The van der Waals surface area contributed by atoms with Crippen LogP contribution in [0.4, 0.5) is 5.95 Å². The number of nitrogens with one attached hydrogen (secondary N) is 2. The second-order valence-corrected chi connectivity index (χ2v) is 6.91. The molecular formula is C20H25N5O2. The number of aromatic nitrogens is 2. The van der Waals surface area contributed by atoms with Crippen LogP contribution in [-0.2, 0) is 4.79 Å². The van der Waals surface area contributed by atoms with Gasteiger partial charge in [-0.05, 0) is 44.9 Å². The Morgan fingerprint density at radius 3 is 2.74 bits per heavy atom. The van der Waals surface area contributed by atoms with Crippen molar-refractivity contribution in [1.82, 2.24) is 20.6 Å². The Morgan fingerprint density at radius 2 is 2.00 bits per heavy atom. The van der Waals surface area contributed by atoms with Gasteiger partial charge in [-0.3, -0.25) is 9.59 Å². The number of carbonyl (C=O) groups is 2. The molecule has 27 heavy (non-hydrogen) atoms. The molecule has 1 saturated heterocycles. The van der Waals surface area contributed by atoms with Gasteiger partial charge < -0.3 is 15.5 Å². The van der Waals surface area contributed by atoms with E-state index in [0.717, 1.165) is 24.9 Å². The number of nitrogens with zero attached hydrogens (tertiary/aromatic N) is 3. The number of carbonyl (C=O) groups excluding carboxylic acids is 2. The van der Waals surface area contributed by atoms with Gasteiger partial charge in [0.25, 0.3) is 5.91 Å². The van der Waals surface area contributed by atoms with Crippen molar-refractivity contribution in [1.29, 1.82) is 0 Å². The van der Waals surface area contributed by atoms with Crippen molar-refractivity contribution in [2.45, 2.75) is 38.8 Å². The van der Waals surface area contributed by atoms with Crippen molar-refractivity contribution >= 4 is 17.8 Å². The summed E-state index contributed by atoms with van der Waals surface area (Å²) in [4.78, 5) is 35.5. The molecule has 0 bridgehead atoms. The van der Waals surface area contributed by atoms with Gasteiger partial charge in [-0.15, -0.1) is 0 Å². The van der Waals surface area contributed by atoms with Crippen LogP contribution < -0.4 is 15.5 Å². The second-order valence-electron chi connectivity index (χ2n) is 6.91. The number of benzene rings is 1. The largest absolute Gasteiger partial charge is 0.350 e. The molecule has 1 aromatic carbocycles. The van der Waals surface area contributed by atoms with Crippen LogP contribution in [0.25, 0.3) is 0 Å². The zero-order valence-corrected chi connectivity index (χ0v) is 15.7. The first kappa shape index (κ1) is 18.8. The normalized spacial score (nSPS) is 17.9. The molecule has 2 N–H and O–H groups in total. The van der Waals surface area contributed by atoms with Crippen molar-refractivity contribution in [3.8, 4) is 0 Å². The van der Waals surface area contributed by atoms with E-state index in [-0.39, 0.29) is 17.9 Å². The molecular weight excluding hydrogens is 342 g/mol. The van der Waals surface area contributed by atoms with Crippen molar-refractivity contribution in [3.63, 3.8) is 0 Å². The maximum Gasteiger partial charge on any atom is 0.251 e. The molecule has 7 heteroatoms. The summed E-state index contributed by atoms with van der Waals surface area (Å²) in [5.74, 6) is 0.249. The minimum atomic E-state index is -0.610. The van der Waals surface area contributed by atoms with Crippen LogP contribution >= 0.6 is 0 Å². The monoisotopic (exact) mass is 367 g/mol. The van der Waals surface area contributed by atoms with Gasteiger partial charge in [-0.1, -0.05) is 17.7 Å². The quantitative estimate of drug-likeness (QED) is 0.840. The highest BCUT2D eigenvalue weighted by Crippen LogP contribution is 2.15. The summed E-state index contributed by atoms with van der Waals surface area (Å²) in [6.07, 6.45) is 5.28. The topological polar surface area (TPSA) is 87.2 Å². The molecule has 2 aromatic rings. The van der Waals surface area contributed by atoms with Crippen molar-refractivity contribution in [3.05, 3.63) is 53.9 Å². The van der Waals surface area contributed by atoms with E-state index >= 15 is 0 Å². The van der Waals surface area contributed by atoms with Crippen LogP contribution in [0.15, 0.2) is 42.7 Å². The van der Waals surface area contributed by atoms with Crippen LogP contribution in [0.5, 0.6) is 0 Å². The third-order valence-corrected chi connectivity index (χ3v) is 4.62. The molecule has 0 aliphatic carbocycles. The van der Waals surface area contributed by atoms with E-state index in [1.165, 1.54) is 0 Å². The number of piperidine rings is 1. The van der Waals surface area contributed by atoms with Crippen molar-refractivity contribution in [2.75, 3.05) is 18.0 Å². The molecule has 0 spiro atoms. The van der Waals surface area contributed by atoms with Gasteiger partial charge >= 0.3 is 0 Å². The highest BCUT2D eigenvalue weighted by atomic mass is 16.2. The molecule has 0 unspecified atom stereocenters. The smallest absolute Gasteiger partial charge is 0.251 e. The fourth-order valence-electron chi connectivity index (χ4n) is 3.19. The van der Waals surface area contributed by atoms with Crippen LogP contribution in [0.1, 0.15) is 35.7 Å². The second kappa shape index (κ2) is 8.62. The van der Waals surface area contributed by atoms with Gasteiger partial charge in [-0.2, -0.15) is 0 Å². The fourth-order valence-corrected chi connectivity index (χ4v) is 3.19. The van der Waals surface area contributed by atoms with Gasteiger partial charge in [-0.25, -0.2) is 9.97 Å². The maximum atomic E-state index is 12.5. The highest BCUT2D eigenvalue weighted by molar-refractivity contribution is 5.97. The number of aryl methyl sites for hydroxylation is 1. The van der Waals surface area contributed by atoms with Crippen LogP contribution in [0, 0.1) is 6.92 Å². The lowest BCUT2D eigenvalue weighted by Gasteiger charge is -2.33. The van der Waals surface area contributed by atoms with E-state index in [1.807, 2.05) is 19.1 Å². The van der Waals surface area contributed by atoms with Crippen LogP contribution in [0.3, 0.4) is 0 Å². The zero-order chi connectivity index (χ0) is 19.2. The first-order chi connectivity index (χ1) is 13.0. The summed E-state index contributed by atoms with van der Waals surface area (Å²) in [6, 6.07) is 8.49. The molecule has 3 rings (SSSR count). The van der Waals surface area contributed by atoms with Gasteiger partial charge in [0.15, 0.2) is 0 Å². The Kier molecular flexibility index (Phi) is 6.01. The molecule has 1 aliphatic rings. The van der Waals surface area contributed by atoms with E-state index in [2.05, 4.69) is 25.5 Å². The zero-order valence-electron chi connectivity index (χ0n) is 15.7. The maximum absolute atomic E-state index is 12.5. The van der Waals surface area contributed by atoms with Gasteiger partial charge in [0, 0.05) is 37.1 Å². The summed E-state index contributed by atoms with van der Waals surface area (Å²) in [7, 11) is 0. The van der Waals surface area contributed by atoms with Crippen molar-refractivity contribution in [2.24, 2.45) is 0 Å². The fraction of sp³-hybridized carbons (Fsp3) is 0.400. The minimum Gasteiger partial charge on any atom is -0.350 e. The molecule has 1 fully saturated rings. The standard InChI is InChI=1S/C20H25N5O2/c1-14-6-3-7-16(12-14)19(27)23-15(2)18(26)24-17-8-4-11-25(13-17)20-21-9-5-10-22-20/h3,5-7,9-10,12,15,17H,4,8,11,13H2,1-2H3,(H,23,27)(H,24,26)/t15-,17-/m0/s1. The number of hydrogen-bond donors (Lipinski definition) is 2. The summed E-state index contributed by atoms with van der Waals surface area (Å²) in [6.45, 7) is 5.16. The van der Waals surface area contributed by atoms with E-state index < -0.39 is 6.04 Å². The molecule has 2 heterocycles. The Bertz CT molecular complexity index is 796.